The summed E-state index contributed by atoms with van der Waals surface area (Å²) in [4.78, 5) is 28.9. The minimum atomic E-state index is -1.08. The zero-order valence-electron chi connectivity index (χ0n) is 12.4. The summed E-state index contributed by atoms with van der Waals surface area (Å²) in [6.45, 7) is 7.27. The lowest BCUT2D eigenvalue weighted by Crippen LogP contribution is -2.50. The molecule has 110 valence electrons. The molecule has 0 aliphatic rings. The summed E-state index contributed by atoms with van der Waals surface area (Å²) in [6, 6.07) is 3.23. The van der Waals surface area contributed by atoms with Crippen LogP contribution in [-0.2, 0) is 9.53 Å². The van der Waals surface area contributed by atoms with Crippen molar-refractivity contribution < 1.29 is 19.4 Å². The number of hydrogen-bond acceptors (Lipinski definition) is 5. The number of carbonyl (C=O) groups excluding carboxylic acids is 1. The monoisotopic (exact) mass is 280 g/mol. The van der Waals surface area contributed by atoms with Gasteiger partial charge in [0, 0.05) is 6.54 Å². The van der Waals surface area contributed by atoms with Crippen molar-refractivity contribution in [1.29, 1.82) is 0 Å². The Kier molecular flexibility index (Phi) is 4.70. The molecule has 0 amide bonds. The minimum absolute atomic E-state index is 0.375. The van der Waals surface area contributed by atoms with E-state index in [0.717, 1.165) is 0 Å². The van der Waals surface area contributed by atoms with Gasteiger partial charge >= 0.3 is 11.9 Å². The Morgan fingerprint density at radius 1 is 1.40 bits per heavy atom. The van der Waals surface area contributed by atoms with Crippen LogP contribution in [0.5, 0.6) is 0 Å². The molecule has 0 aromatic carbocycles. The molecule has 20 heavy (non-hydrogen) atoms. The van der Waals surface area contributed by atoms with Gasteiger partial charge in [-0.2, -0.15) is 0 Å². The number of likely N-dealkylation sites (N-methyl/N-ethyl adjacent to an activating group) is 1. The van der Waals surface area contributed by atoms with E-state index in [0.29, 0.717) is 23.6 Å². The van der Waals surface area contributed by atoms with Crippen molar-refractivity contribution >= 4 is 17.8 Å². The molecule has 0 radical (unpaired) electrons. The molecule has 1 aromatic rings. The summed E-state index contributed by atoms with van der Waals surface area (Å²) in [5, 5.41) is 9.31. The predicted molar refractivity (Wildman–Crippen MR) is 75.0 cm³/mol. The Morgan fingerprint density at radius 2 is 2.00 bits per heavy atom. The zero-order valence-corrected chi connectivity index (χ0v) is 12.4. The van der Waals surface area contributed by atoms with Gasteiger partial charge in [-0.15, -0.1) is 0 Å². The Morgan fingerprint density at radius 3 is 2.40 bits per heavy atom. The highest BCUT2D eigenvalue weighted by Crippen LogP contribution is 2.23. The quantitative estimate of drug-likeness (QED) is 0.829. The zero-order chi connectivity index (χ0) is 15.5. The third kappa shape index (κ3) is 2.89. The van der Waals surface area contributed by atoms with Crippen LogP contribution in [0.1, 0.15) is 36.8 Å². The van der Waals surface area contributed by atoms with Crippen molar-refractivity contribution in [1.82, 2.24) is 4.98 Å². The van der Waals surface area contributed by atoms with E-state index < -0.39 is 17.5 Å². The molecule has 0 spiro atoms. The number of ether oxygens (including phenoxy) is 1. The maximum absolute atomic E-state index is 11.5. The van der Waals surface area contributed by atoms with Crippen molar-refractivity contribution in [2.75, 3.05) is 18.6 Å². The number of anilines is 1. The van der Waals surface area contributed by atoms with Gasteiger partial charge in [0.05, 0.1) is 18.4 Å². The highest BCUT2D eigenvalue weighted by atomic mass is 16.5. The molecule has 1 aromatic heterocycles. The summed E-state index contributed by atoms with van der Waals surface area (Å²) in [5.41, 5.74) is -0.199. The van der Waals surface area contributed by atoms with Crippen LogP contribution in [0.15, 0.2) is 12.1 Å². The molecule has 0 unspecified atom stereocenters. The number of carboxylic acid groups (broad SMARTS) is 1. The molecule has 0 atom stereocenters. The smallest absolute Gasteiger partial charge is 0.339 e. The number of methoxy groups -OCH3 is 1. The second-order valence-electron chi connectivity index (χ2n) is 4.90. The predicted octanol–water partition coefficient (Wildman–Crippen LogP) is 1.87. The lowest BCUT2D eigenvalue weighted by atomic mass is 10.0. The van der Waals surface area contributed by atoms with Crippen molar-refractivity contribution in [3.05, 3.63) is 23.4 Å². The molecule has 0 saturated carbocycles. The van der Waals surface area contributed by atoms with Crippen LogP contribution in [-0.4, -0.2) is 41.2 Å². The first-order chi connectivity index (χ1) is 9.25. The highest BCUT2D eigenvalue weighted by molar-refractivity contribution is 5.91. The SMILES string of the molecule is CCN(c1ccc(C(=O)OC)c(C)n1)C(C)(C)C(=O)O. The normalized spacial score (nSPS) is 11.1. The molecule has 1 heterocycles. The summed E-state index contributed by atoms with van der Waals surface area (Å²) in [5.74, 6) is -0.872. The highest BCUT2D eigenvalue weighted by Gasteiger charge is 2.34. The number of carboxylic acids is 1. The number of nitrogens with zero attached hydrogens (tertiary/aromatic N) is 2. The first kappa shape index (κ1) is 15.9. The molecule has 0 bridgehead atoms. The lowest BCUT2D eigenvalue weighted by Gasteiger charge is -2.35. The number of aliphatic carboxylic acids is 1. The third-order valence-corrected chi connectivity index (χ3v) is 3.27. The largest absolute Gasteiger partial charge is 0.480 e. The number of aryl methyl sites for hydroxylation is 1. The summed E-state index contributed by atoms with van der Waals surface area (Å²) >= 11 is 0. The summed E-state index contributed by atoms with van der Waals surface area (Å²) in [6.07, 6.45) is 0. The minimum Gasteiger partial charge on any atom is -0.480 e. The fraction of sp³-hybridized carbons (Fsp3) is 0.500. The average molecular weight is 280 g/mol. The summed E-state index contributed by atoms with van der Waals surface area (Å²) < 4.78 is 4.66. The fourth-order valence-electron chi connectivity index (χ4n) is 1.98. The number of carbonyl (C=O) groups is 2. The number of rotatable bonds is 5. The van der Waals surface area contributed by atoms with E-state index in [1.807, 2.05) is 6.92 Å². The van der Waals surface area contributed by atoms with E-state index in [4.69, 9.17) is 0 Å². The first-order valence-corrected chi connectivity index (χ1v) is 6.32. The van der Waals surface area contributed by atoms with E-state index in [2.05, 4.69) is 9.72 Å². The van der Waals surface area contributed by atoms with Gasteiger partial charge in [0.25, 0.3) is 0 Å². The molecule has 1 rings (SSSR count). The molecule has 1 N–H and O–H groups in total. The molecular weight excluding hydrogens is 260 g/mol. The molecular formula is C14H20N2O4. The van der Waals surface area contributed by atoms with E-state index in [-0.39, 0.29) is 0 Å². The Bertz CT molecular complexity index is 526. The number of pyridine rings is 1. The van der Waals surface area contributed by atoms with Crippen LogP contribution < -0.4 is 4.90 Å². The van der Waals surface area contributed by atoms with Crippen LogP contribution in [0.2, 0.25) is 0 Å². The molecule has 0 aliphatic carbocycles. The fourth-order valence-corrected chi connectivity index (χ4v) is 1.98. The van der Waals surface area contributed by atoms with Gasteiger partial charge in [-0.05, 0) is 39.8 Å². The first-order valence-electron chi connectivity index (χ1n) is 6.32. The van der Waals surface area contributed by atoms with Gasteiger partial charge in [0.2, 0.25) is 0 Å². The van der Waals surface area contributed by atoms with Gasteiger partial charge in [-0.1, -0.05) is 0 Å². The van der Waals surface area contributed by atoms with Crippen LogP contribution in [0, 0.1) is 6.92 Å². The van der Waals surface area contributed by atoms with E-state index >= 15 is 0 Å². The van der Waals surface area contributed by atoms with Crippen molar-refractivity contribution in [2.45, 2.75) is 33.2 Å². The van der Waals surface area contributed by atoms with Crippen molar-refractivity contribution in [3.8, 4) is 0 Å². The maximum atomic E-state index is 11.5. The van der Waals surface area contributed by atoms with Crippen LogP contribution in [0.3, 0.4) is 0 Å². The standard InChI is InChI=1S/C14H20N2O4/c1-6-16(14(3,4)13(18)19)11-8-7-10(9(2)15-11)12(17)20-5/h7-8H,6H2,1-5H3,(H,18,19). The molecule has 6 nitrogen and oxygen atoms in total. The second-order valence-corrected chi connectivity index (χ2v) is 4.90. The van der Waals surface area contributed by atoms with Crippen LogP contribution >= 0.6 is 0 Å². The van der Waals surface area contributed by atoms with Crippen molar-refractivity contribution in [3.63, 3.8) is 0 Å². The van der Waals surface area contributed by atoms with Crippen molar-refractivity contribution in [2.24, 2.45) is 0 Å². The third-order valence-electron chi connectivity index (χ3n) is 3.27. The van der Waals surface area contributed by atoms with Crippen LogP contribution in [0.25, 0.3) is 0 Å². The average Bonchev–Trinajstić information content (AvgIpc) is 2.38. The maximum Gasteiger partial charge on any atom is 0.339 e. The number of esters is 1. The Balaban J connectivity index is 3.23. The summed E-state index contributed by atoms with van der Waals surface area (Å²) in [7, 11) is 1.31. The molecule has 0 aliphatic heterocycles. The van der Waals surface area contributed by atoms with Crippen LogP contribution in [0.4, 0.5) is 5.82 Å². The molecule has 0 fully saturated rings. The van der Waals surface area contributed by atoms with E-state index in [9.17, 15) is 14.7 Å². The Hall–Kier alpha value is -2.11. The van der Waals surface area contributed by atoms with Gasteiger partial charge < -0.3 is 14.7 Å². The molecule has 6 heteroatoms. The van der Waals surface area contributed by atoms with E-state index in [1.54, 1.807) is 37.8 Å². The van der Waals surface area contributed by atoms with Gasteiger partial charge in [-0.25, -0.2) is 14.6 Å². The molecule has 0 saturated heterocycles. The van der Waals surface area contributed by atoms with E-state index in [1.165, 1.54) is 7.11 Å². The second kappa shape index (κ2) is 5.90. The topological polar surface area (TPSA) is 79.7 Å². The Labute approximate surface area is 118 Å². The number of hydrogen-bond donors (Lipinski definition) is 1. The van der Waals surface area contributed by atoms with Gasteiger partial charge in [0.1, 0.15) is 11.4 Å². The van der Waals surface area contributed by atoms with Gasteiger partial charge in [-0.3, -0.25) is 0 Å². The lowest BCUT2D eigenvalue weighted by molar-refractivity contribution is -0.142. The number of aromatic nitrogens is 1. The van der Waals surface area contributed by atoms with Gasteiger partial charge in [0.15, 0.2) is 0 Å².